The molecule has 2 rings (SSSR count). The standard InChI is InChI=1S/C12H23NO2/c1-13-7-3-6-10(8-13)11(12(14)15)9-4-2-5-9/h9-12,14-15H,2-8H2,1H3. The zero-order valence-electron chi connectivity index (χ0n) is 9.60. The van der Waals surface area contributed by atoms with E-state index in [4.69, 9.17) is 0 Å². The molecule has 2 atom stereocenters. The van der Waals surface area contributed by atoms with E-state index in [2.05, 4.69) is 11.9 Å². The number of piperidine rings is 1. The lowest BCUT2D eigenvalue weighted by molar-refractivity contribution is -0.136. The molecule has 0 aromatic carbocycles. The molecule has 88 valence electrons. The molecule has 3 heteroatoms. The average Bonchev–Trinajstić information content (AvgIpc) is 2.10. The Morgan fingerprint density at radius 1 is 1.07 bits per heavy atom. The minimum absolute atomic E-state index is 0.126. The normalized spacial score (nSPS) is 31.6. The van der Waals surface area contributed by atoms with Gasteiger partial charge in [0, 0.05) is 12.5 Å². The highest BCUT2D eigenvalue weighted by Crippen LogP contribution is 2.41. The van der Waals surface area contributed by atoms with Crippen LogP contribution in [0, 0.1) is 17.8 Å². The van der Waals surface area contributed by atoms with Crippen molar-refractivity contribution in [2.24, 2.45) is 17.8 Å². The zero-order valence-corrected chi connectivity index (χ0v) is 9.60. The summed E-state index contributed by atoms with van der Waals surface area (Å²) in [6, 6.07) is 0. The van der Waals surface area contributed by atoms with Gasteiger partial charge in [-0.25, -0.2) is 0 Å². The molecule has 3 nitrogen and oxygen atoms in total. The molecular formula is C12H23NO2. The molecule has 2 N–H and O–H groups in total. The molecule has 1 saturated heterocycles. The Kier molecular flexibility index (Phi) is 3.65. The first-order chi connectivity index (χ1) is 7.18. The molecular weight excluding hydrogens is 190 g/mol. The Morgan fingerprint density at radius 2 is 1.73 bits per heavy atom. The summed E-state index contributed by atoms with van der Waals surface area (Å²) in [4.78, 5) is 2.32. The van der Waals surface area contributed by atoms with Crippen molar-refractivity contribution in [2.45, 2.75) is 38.4 Å². The molecule has 1 saturated carbocycles. The minimum Gasteiger partial charge on any atom is -0.368 e. The van der Waals surface area contributed by atoms with Crippen LogP contribution in [0.2, 0.25) is 0 Å². The lowest BCUT2D eigenvalue weighted by Gasteiger charge is -2.43. The lowest BCUT2D eigenvalue weighted by atomic mass is 9.68. The Labute approximate surface area is 92.1 Å². The molecule has 2 unspecified atom stereocenters. The monoisotopic (exact) mass is 213 g/mol. The van der Waals surface area contributed by atoms with Gasteiger partial charge in [-0.3, -0.25) is 0 Å². The topological polar surface area (TPSA) is 43.7 Å². The van der Waals surface area contributed by atoms with Crippen molar-refractivity contribution >= 4 is 0 Å². The third-order valence-electron chi connectivity index (χ3n) is 4.24. The van der Waals surface area contributed by atoms with Gasteiger partial charge in [-0.15, -0.1) is 0 Å². The number of nitrogens with zero attached hydrogens (tertiary/aromatic N) is 1. The van der Waals surface area contributed by atoms with Gasteiger partial charge in [-0.05, 0) is 51.1 Å². The van der Waals surface area contributed by atoms with E-state index in [0.717, 1.165) is 13.1 Å². The summed E-state index contributed by atoms with van der Waals surface area (Å²) in [6.45, 7) is 2.20. The highest BCUT2D eigenvalue weighted by Gasteiger charge is 2.38. The maximum absolute atomic E-state index is 9.52. The van der Waals surface area contributed by atoms with Gasteiger partial charge in [0.05, 0.1) is 0 Å². The summed E-state index contributed by atoms with van der Waals surface area (Å²) in [6.07, 6.45) is 4.94. The van der Waals surface area contributed by atoms with Gasteiger partial charge in [0.15, 0.2) is 6.29 Å². The first kappa shape index (κ1) is 11.4. The fraction of sp³-hybridized carbons (Fsp3) is 1.00. The number of likely N-dealkylation sites (tertiary alicyclic amines) is 1. The number of hydrogen-bond acceptors (Lipinski definition) is 3. The predicted molar refractivity (Wildman–Crippen MR) is 59.3 cm³/mol. The summed E-state index contributed by atoms with van der Waals surface area (Å²) in [5.74, 6) is 1.19. The van der Waals surface area contributed by atoms with E-state index in [0.29, 0.717) is 11.8 Å². The Morgan fingerprint density at radius 3 is 2.20 bits per heavy atom. The number of aliphatic hydroxyl groups excluding tert-OH is 1. The van der Waals surface area contributed by atoms with Gasteiger partial charge in [0.1, 0.15) is 0 Å². The van der Waals surface area contributed by atoms with E-state index >= 15 is 0 Å². The molecule has 0 aromatic heterocycles. The summed E-state index contributed by atoms with van der Waals surface area (Å²) >= 11 is 0. The van der Waals surface area contributed by atoms with Crippen molar-refractivity contribution in [1.82, 2.24) is 4.90 Å². The molecule has 2 fully saturated rings. The smallest absolute Gasteiger partial charge is 0.154 e. The van der Waals surface area contributed by atoms with Crippen LogP contribution in [-0.4, -0.2) is 41.5 Å². The molecule has 2 aliphatic rings. The second kappa shape index (κ2) is 4.81. The van der Waals surface area contributed by atoms with E-state index in [9.17, 15) is 10.2 Å². The fourth-order valence-electron chi connectivity index (χ4n) is 3.22. The molecule has 0 spiro atoms. The quantitative estimate of drug-likeness (QED) is 0.689. The average molecular weight is 213 g/mol. The van der Waals surface area contributed by atoms with Crippen LogP contribution in [0.15, 0.2) is 0 Å². The van der Waals surface area contributed by atoms with E-state index in [1.165, 1.54) is 32.1 Å². The third-order valence-corrected chi connectivity index (χ3v) is 4.24. The van der Waals surface area contributed by atoms with Crippen molar-refractivity contribution in [2.75, 3.05) is 20.1 Å². The fourth-order valence-corrected chi connectivity index (χ4v) is 3.22. The van der Waals surface area contributed by atoms with Crippen molar-refractivity contribution in [3.63, 3.8) is 0 Å². The highest BCUT2D eigenvalue weighted by atomic mass is 16.5. The van der Waals surface area contributed by atoms with Crippen LogP contribution in [0.1, 0.15) is 32.1 Å². The summed E-state index contributed by atoms with van der Waals surface area (Å²) in [7, 11) is 2.13. The zero-order chi connectivity index (χ0) is 10.8. The first-order valence-corrected chi connectivity index (χ1v) is 6.23. The van der Waals surface area contributed by atoms with Crippen molar-refractivity contribution in [1.29, 1.82) is 0 Å². The van der Waals surface area contributed by atoms with Crippen molar-refractivity contribution in [3.05, 3.63) is 0 Å². The number of rotatable bonds is 3. The van der Waals surface area contributed by atoms with Crippen LogP contribution in [-0.2, 0) is 0 Å². The van der Waals surface area contributed by atoms with Crippen molar-refractivity contribution < 1.29 is 10.2 Å². The van der Waals surface area contributed by atoms with E-state index in [1.54, 1.807) is 0 Å². The molecule has 1 aliphatic heterocycles. The molecule has 0 aromatic rings. The minimum atomic E-state index is -1.10. The predicted octanol–water partition coefficient (Wildman–Crippen LogP) is 1.06. The van der Waals surface area contributed by atoms with Crippen LogP contribution in [0.3, 0.4) is 0 Å². The first-order valence-electron chi connectivity index (χ1n) is 6.23. The Hall–Kier alpha value is -0.120. The van der Waals surface area contributed by atoms with Gasteiger partial charge >= 0.3 is 0 Å². The second-order valence-corrected chi connectivity index (χ2v) is 5.35. The number of aliphatic hydroxyl groups is 2. The van der Waals surface area contributed by atoms with E-state index in [1.807, 2.05) is 0 Å². The van der Waals surface area contributed by atoms with E-state index in [-0.39, 0.29) is 5.92 Å². The molecule has 0 radical (unpaired) electrons. The Balaban J connectivity index is 1.96. The van der Waals surface area contributed by atoms with Gasteiger partial charge in [-0.2, -0.15) is 0 Å². The maximum Gasteiger partial charge on any atom is 0.154 e. The van der Waals surface area contributed by atoms with Gasteiger partial charge in [0.25, 0.3) is 0 Å². The molecule has 0 amide bonds. The molecule has 0 bridgehead atoms. The highest BCUT2D eigenvalue weighted by molar-refractivity contribution is 4.86. The maximum atomic E-state index is 9.52. The van der Waals surface area contributed by atoms with Gasteiger partial charge in [-0.1, -0.05) is 6.42 Å². The summed E-state index contributed by atoms with van der Waals surface area (Å²) in [5.41, 5.74) is 0. The summed E-state index contributed by atoms with van der Waals surface area (Å²) < 4.78 is 0. The van der Waals surface area contributed by atoms with Gasteiger partial charge in [0.2, 0.25) is 0 Å². The summed E-state index contributed by atoms with van der Waals surface area (Å²) in [5, 5.41) is 19.0. The van der Waals surface area contributed by atoms with Crippen LogP contribution >= 0.6 is 0 Å². The lowest BCUT2D eigenvalue weighted by Crippen LogP contribution is -2.44. The SMILES string of the molecule is CN1CCCC(C(C(O)O)C2CCC2)C1. The van der Waals surface area contributed by atoms with Gasteiger partial charge < -0.3 is 15.1 Å². The third kappa shape index (κ3) is 2.52. The van der Waals surface area contributed by atoms with E-state index < -0.39 is 6.29 Å². The largest absolute Gasteiger partial charge is 0.368 e. The van der Waals surface area contributed by atoms with Crippen LogP contribution < -0.4 is 0 Å². The number of hydrogen-bond donors (Lipinski definition) is 2. The second-order valence-electron chi connectivity index (χ2n) is 5.35. The Bertz CT molecular complexity index is 204. The van der Waals surface area contributed by atoms with Crippen LogP contribution in [0.5, 0.6) is 0 Å². The van der Waals surface area contributed by atoms with Crippen molar-refractivity contribution in [3.8, 4) is 0 Å². The molecule has 1 aliphatic carbocycles. The van der Waals surface area contributed by atoms with Crippen LogP contribution in [0.25, 0.3) is 0 Å². The van der Waals surface area contributed by atoms with Crippen LogP contribution in [0.4, 0.5) is 0 Å². The molecule has 1 heterocycles. The molecule has 15 heavy (non-hydrogen) atoms.